The lowest BCUT2D eigenvalue weighted by Crippen LogP contribution is -2.41. The van der Waals surface area contributed by atoms with Gasteiger partial charge < -0.3 is 20.0 Å². The Bertz CT molecular complexity index is 486. The molecule has 1 aromatic rings. The Hall–Kier alpha value is -0.100. The highest BCUT2D eigenvalue weighted by Crippen LogP contribution is 2.50. The van der Waals surface area contributed by atoms with Gasteiger partial charge in [0, 0.05) is 13.1 Å². The van der Waals surface area contributed by atoms with E-state index < -0.39 is 5.62 Å². The van der Waals surface area contributed by atoms with E-state index in [-0.39, 0.29) is 18.2 Å². The number of benzene rings is 1. The second-order valence-corrected chi connectivity index (χ2v) is 5.55. The first-order valence-electron chi connectivity index (χ1n) is 5.59. The third-order valence-electron chi connectivity index (χ3n) is 2.91. The minimum atomic E-state index is -0.554. The molecule has 0 aromatic heterocycles. The van der Waals surface area contributed by atoms with E-state index >= 15 is 0 Å². The standard InChI is InChI=1S/C11H12Cl4N2O2/c12-6-5-7-10(9(14)8(6)13)17(2-4-19)11(15)16(7)1-3-18/h5,11,18-19H,1-4H2. The monoisotopic (exact) mass is 344 g/mol. The largest absolute Gasteiger partial charge is 0.395 e. The van der Waals surface area contributed by atoms with Crippen molar-refractivity contribution in [3.63, 3.8) is 0 Å². The van der Waals surface area contributed by atoms with Crippen molar-refractivity contribution in [2.75, 3.05) is 36.1 Å². The maximum absolute atomic E-state index is 9.13. The highest BCUT2D eigenvalue weighted by molar-refractivity contribution is 6.50. The van der Waals surface area contributed by atoms with Crippen molar-refractivity contribution in [3.8, 4) is 0 Å². The minimum absolute atomic E-state index is 0.0620. The molecule has 0 bridgehead atoms. The van der Waals surface area contributed by atoms with E-state index in [1.54, 1.807) is 15.9 Å². The average molecular weight is 346 g/mol. The van der Waals surface area contributed by atoms with Gasteiger partial charge in [-0.3, -0.25) is 0 Å². The summed E-state index contributed by atoms with van der Waals surface area (Å²) >= 11 is 24.6. The van der Waals surface area contributed by atoms with Gasteiger partial charge in [0.25, 0.3) is 0 Å². The summed E-state index contributed by atoms with van der Waals surface area (Å²) in [6.45, 7) is 0.498. The van der Waals surface area contributed by atoms with Crippen LogP contribution in [-0.2, 0) is 0 Å². The van der Waals surface area contributed by atoms with Gasteiger partial charge in [-0.05, 0) is 6.07 Å². The second kappa shape index (κ2) is 6.12. The first kappa shape index (κ1) is 15.3. The van der Waals surface area contributed by atoms with Crippen molar-refractivity contribution < 1.29 is 10.2 Å². The lowest BCUT2D eigenvalue weighted by Gasteiger charge is -2.27. The summed E-state index contributed by atoms with van der Waals surface area (Å²) in [5.41, 5.74) is 0.766. The van der Waals surface area contributed by atoms with Gasteiger partial charge in [0.2, 0.25) is 0 Å². The number of rotatable bonds is 4. The molecule has 19 heavy (non-hydrogen) atoms. The number of anilines is 2. The molecule has 0 saturated heterocycles. The Morgan fingerprint density at radius 1 is 1.00 bits per heavy atom. The fourth-order valence-corrected chi connectivity index (χ4v) is 3.21. The number of fused-ring (bicyclic) bond motifs is 1. The van der Waals surface area contributed by atoms with Gasteiger partial charge in [-0.25, -0.2) is 0 Å². The van der Waals surface area contributed by atoms with Crippen LogP contribution in [0, 0.1) is 0 Å². The zero-order chi connectivity index (χ0) is 14.2. The molecule has 4 nitrogen and oxygen atoms in total. The first-order valence-corrected chi connectivity index (χ1v) is 7.16. The number of alkyl halides is 1. The Labute approximate surface area is 131 Å². The summed E-state index contributed by atoms with van der Waals surface area (Å²) in [5, 5.41) is 19.1. The molecule has 0 aliphatic carbocycles. The van der Waals surface area contributed by atoms with E-state index in [1.165, 1.54) is 0 Å². The van der Waals surface area contributed by atoms with Gasteiger partial charge in [-0.1, -0.05) is 46.4 Å². The Morgan fingerprint density at radius 2 is 1.58 bits per heavy atom. The van der Waals surface area contributed by atoms with Gasteiger partial charge in [0.15, 0.2) is 5.62 Å². The molecule has 2 N–H and O–H groups in total. The van der Waals surface area contributed by atoms with Crippen LogP contribution in [0.1, 0.15) is 0 Å². The second-order valence-electron chi connectivity index (χ2n) is 4.00. The molecular weight excluding hydrogens is 334 g/mol. The summed E-state index contributed by atoms with van der Waals surface area (Å²) in [7, 11) is 0. The third kappa shape index (κ3) is 2.58. The highest BCUT2D eigenvalue weighted by atomic mass is 35.5. The Morgan fingerprint density at radius 3 is 2.16 bits per heavy atom. The van der Waals surface area contributed by atoms with Crippen LogP contribution in [0.2, 0.25) is 15.1 Å². The molecule has 1 aliphatic rings. The zero-order valence-electron chi connectivity index (χ0n) is 9.78. The van der Waals surface area contributed by atoms with E-state index in [4.69, 9.17) is 56.6 Å². The SMILES string of the molecule is OCCN1c2cc(Cl)c(Cl)c(Cl)c2N(CCO)C1Cl. The molecule has 1 unspecified atom stereocenters. The lowest BCUT2D eigenvalue weighted by molar-refractivity contribution is 0.295. The molecule has 0 saturated carbocycles. The van der Waals surface area contributed by atoms with E-state index in [0.717, 1.165) is 0 Å². The van der Waals surface area contributed by atoms with Crippen molar-refractivity contribution in [2.24, 2.45) is 0 Å². The van der Waals surface area contributed by atoms with Crippen molar-refractivity contribution >= 4 is 57.8 Å². The van der Waals surface area contributed by atoms with E-state index in [2.05, 4.69) is 0 Å². The average Bonchev–Trinajstić information content (AvgIpc) is 2.63. The fraction of sp³-hybridized carbons (Fsp3) is 0.455. The number of hydrogen-bond donors (Lipinski definition) is 2. The molecule has 1 heterocycles. The summed E-state index contributed by atoms with van der Waals surface area (Å²) < 4.78 is 0. The molecule has 1 aliphatic heterocycles. The Balaban J connectivity index is 2.55. The molecule has 0 amide bonds. The molecule has 1 atom stereocenters. The number of aliphatic hydroxyl groups excluding tert-OH is 2. The summed E-state index contributed by atoms with van der Waals surface area (Å²) in [4.78, 5) is 3.47. The molecule has 2 rings (SSSR count). The predicted octanol–water partition coefficient (Wildman–Crippen LogP) is 2.78. The van der Waals surface area contributed by atoms with E-state index in [1.807, 2.05) is 0 Å². The van der Waals surface area contributed by atoms with Crippen molar-refractivity contribution in [1.29, 1.82) is 0 Å². The smallest absolute Gasteiger partial charge is 0.180 e. The zero-order valence-corrected chi connectivity index (χ0v) is 12.8. The number of nitrogens with zero attached hydrogens (tertiary/aromatic N) is 2. The fourth-order valence-electron chi connectivity index (χ4n) is 2.12. The van der Waals surface area contributed by atoms with Gasteiger partial charge in [0.05, 0.1) is 39.7 Å². The van der Waals surface area contributed by atoms with E-state index in [9.17, 15) is 0 Å². The van der Waals surface area contributed by atoms with Crippen LogP contribution in [0.25, 0.3) is 0 Å². The molecule has 0 radical (unpaired) electrons. The topological polar surface area (TPSA) is 46.9 Å². The van der Waals surface area contributed by atoms with Crippen LogP contribution in [0.15, 0.2) is 6.07 Å². The van der Waals surface area contributed by atoms with Crippen LogP contribution >= 0.6 is 46.4 Å². The quantitative estimate of drug-likeness (QED) is 0.500. The molecule has 1 aromatic carbocycles. The van der Waals surface area contributed by atoms with Crippen molar-refractivity contribution in [3.05, 3.63) is 21.1 Å². The van der Waals surface area contributed by atoms with Gasteiger partial charge in [-0.15, -0.1) is 0 Å². The molecule has 0 spiro atoms. The summed E-state index contributed by atoms with van der Waals surface area (Å²) in [5.74, 6) is 0. The molecule has 0 fully saturated rings. The maximum atomic E-state index is 9.13. The first-order chi connectivity index (χ1) is 9.02. The van der Waals surface area contributed by atoms with Crippen LogP contribution in [0.5, 0.6) is 0 Å². The van der Waals surface area contributed by atoms with Gasteiger partial charge in [0.1, 0.15) is 0 Å². The summed E-state index contributed by atoms with van der Waals surface area (Å²) in [6.07, 6.45) is 0. The summed E-state index contributed by atoms with van der Waals surface area (Å²) in [6, 6.07) is 1.66. The highest BCUT2D eigenvalue weighted by Gasteiger charge is 2.37. The van der Waals surface area contributed by atoms with Crippen LogP contribution in [-0.4, -0.2) is 42.1 Å². The lowest BCUT2D eigenvalue weighted by atomic mass is 10.2. The van der Waals surface area contributed by atoms with Gasteiger partial charge >= 0.3 is 0 Å². The number of β-amino-alcohol motifs (C(OH)–C–C–N with tert-alkyl or cyclic N) is 2. The van der Waals surface area contributed by atoms with Crippen molar-refractivity contribution in [1.82, 2.24) is 0 Å². The van der Waals surface area contributed by atoms with Crippen LogP contribution in [0.3, 0.4) is 0 Å². The molecule has 106 valence electrons. The maximum Gasteiger partial charge on any atom is 0.180 e. The molecule has 8 heteroatoms. The number of halogens is 4. The molecular formula is C11H12Cl4N2O2. The van der Waals surface area contributed by atoms with Crippen molar-refractivity contribution in [2.45, 2.75) is 5.62 Å². The third-order valence-corrected chi connectivity index (χ3v) is 4.63. The van der Waals surface area contributed by atoms with E-state index in [0.29, 0.717) is 34.5 Å². The van der Waals surface area contributed by atoms with Crippen LogP contribution < -0.4 is 9.80 Å². The normalized spacial score (nSPS) is 18.1. The Kier molecular flexibility index (Phi) is 4.93. The number of aliphatic hydroxyl groups is 2. The predicted molar refractivity (Wildman–Crippen MR) is 80.0 cm³/mol. The van der Waals surface area contributed by atoms with Crippen LogP contribution in [0.4, 0.5) is 11.4 Å². The number of hydrogen-bond acceptors (Lipinski definition) is 4. The van der Waals surface area contributed by atoms with Gasteiger partial charge in [-0.2, -0.15) is 0 Å². The minimum Gasteiger partial charge on any atom is -0.395 e.